The van der Waals surface area contributed by atoms with Crippen LogP contribution in [0, 0.1) is 23.0 Å². The molecule has 2 aliphatic carbocycles. The number of fused-ring (bicyclic) bond motifs is 1. The predicted molar refractivity (Wildman–Crippen MR) is 77.1 cm³/mol. The average molecular weight is 315 g/mol. The number of hydrogen-bond donors (Lipinski definition) is 2. The fourth-order valence-electron chi connectivity index (χ4n) is 3.66. The molecule has 0 aliphatic heterocycles. The molecule has 0 radical (unpaired) electrons. The minimum atomic E-state index is -1.12. The molecule has 5 heteroatoms. The summed E-state index contributed by atoms with van der Waals surface area (Å²) in [5.74, 6) is -2.88. The summed E-state index contributed by atoms with van der Waals surface area (Å²) in [6.07, 6.45) is 4.53. The topological polar surface area (TPSA) is 40.5 Å². The molecule has 1 aromatic carbocycles. The first-order valence-electron chi connectivity index (χ1n) is 7.08. The van der Waals surface area contributed by atoms with Crippen molar-refractivity contribution in [3.05, 3.63) is 34.4 Å². The molecule has 0 spiro atoms. The standard InChI is InChI=1S/C16H17ClF2O2/c1-16-5-4-8(6-9(16)2-3-12(16)20)10-7-11(18)15(21)14(19)13(10)17/h4,7,9,12,20-21H,2-3,5-6H2,1H3/t9-,12+,16+/m1/s1. The summed E-state index contributed by atoms with van der Waals surface area (Å²) in [6, 6.07) is 1.08. The zero-order valence-electron chi connectivity index (χ0n) is 11.7. The van der Waals surface area contributed by atoms with Gasteiger partial charge in [-0.15, -0.1) is 0 Å². The smallest absolute Gasteiger partial charge is 0.189 e. The van der Waals surface area contributed by atoms with Crippen molar-refractivity contribution in [2.75, 3.05) is 0 Å². The Bertz CT molecular complexity index is 629. The van der Waals surface area contributed by atoms with Gasteiger partial charge < -0.3 is 10.2 Å². The number of hydrogen-bond acceptors (Lipinski definition) is 2. The SMILES string of the molecule is C[C@]12CC=C(c3cc(F)c(O)c(F)c3Cl)C[C@H]1CC[C@@H]2O. The van der Waals surface area contributed by atoms with E-state index in [9.17, 15) is 19.0 Å². The van der Waals surface area contributed by atoms with Crippen molar-refractivity contribution in [3.8, 4) is 5.75 Å². The summed E-state index contributed by atoms with van der Waals surface area (Å²) in [7, 11) is 0. The molecule has 0 aromatic heterocycles. The van der Waals surface area contributed by atoms with Crippen LogP contribution in [0.5, 0.6) is 5.75 Å². The van der Waals surface area contributed by atoms with Gasteiger partial charge in [0.15, 0.2) is 17.4 Å². The van der Waals surface area contributed by atoms with E-state index >= 15 is 0 Å². The summed E-state index contributed by atoms with van der Waals surface area (Å²) >= 11 is 5.92. The Labute approximate surface area is 127 Å². The molecule has 114 valence electrons. The fraction of sp³-hybridized carbons (Fsp3) is 0.500. The molecule has 2 aliphatic rings. The van der Waals surface area contributed by atoms with Crippen LogP contribution >= 0.6 is 11.6 Å². The van der Waals surface area contributed by atoms with E-state index in [1.165, 1.54) is 0 Å². The minimum absolute atomic E-state index is 0.163. The molecular formula is C16H17ClF2O2. The van der Waals surface area contributed by atoms with E-state index in [1.54, 1.807) is 0 Å². The molecule has 2 nitrogen and oxygen atoms in total. The number of aliphatic hydroxyl groups is 1. The van der Waals surface area contributed by atoms with E-state index in [4.69, 9.17) is 11.6 Å². The van der Waals surface area contributed by atoms with Crippen LogP contribution in [-0.2, 0) is 0 Å². The summed E-state index contributed by atoms with van der Waals surface area (Å²) in [5.41, 5.74) is 0.923. The maximum absolute atomic E-state index is 13.7. The number of aliphatic hydroxyl groups excluding tert-OH is 1. The van der Waals surface area contributed by atoms with Crippen LogP contribution in [-0.4, -0.2) is 16.3 Å². The highest BCUT2D eigenvalue weighted by atomic mass is 35.5. The van der Waals surface area contributed by atoms with Gasteiger partial charge >= 0.3 is 0 Å². The van der Waals surface area contributed by atoms with Crippen LogP contribution in [0.1, 0.15) is 38.2 Å². The first kappa shape index (κ1) is 14.8. The van der Waals surface area contributed by atoms with Crippen LogP contribution in [0.4, 0.5) is 8.78 Å². The lowest BCUT2D eigenvalue weighted by Crippen LogP contribution is -2.34. The highest BCUT2D eigenvalue weighted by molar-refractivity contribution is 6.32. The number of halogens is 3. The number of aromatic hydroxyl groups is 1. The second kappa shape index (κ2) is 4.96. The van der Waals surface area contributed by atoms with Gasteiger partial charge in [-0.3, -0.25) is 0 Å². The van der Waals surface area contributed by atoms with E-state index in [2.05, 4.69) is 6.92 Å². The van der Waals surface area contributed by atoms with Crippen LogP contribution in [0.2, 0.25) is 5.02 Å². The van der Waals surface area contributed by atoms with Crippen LogP contribution in [0.25, 0.3) is 5.57 Å². The summed E-state index contributed by atoms with van der Waals surface area (Å²) < 4.78 is 27.3. The minimum Gasteiger partial charge on any atom is -0.503 e. The Hall–Kier alpha value is -1.13. The molecular weight excluding hydrogens is 298 g/mol. The maximum atomic E-state index is 13.7. The average Bonchev–Trinajstić information content (AvgIpc) is 2.76. The Morgan fingerprint density at radius 1 is 1.33 bits per heavy atom. The summed E-state index contributed by atoms with van der Waals surface area (Å²) in [4.78, 5) is 0. The Kier molecular flexibility index (Phi) is 3.49. The molecule has 3 atom stereocenters. The first-order chi connectivity index (χ1) is 9.84. The van der Waals surface area contributed by atoms with E-state index in [0.717, 1.165) is 24.5 Å². The molecule has 1 saturated carbocycles. The normalized spacial score (nSPS) is 32.0. The number of allylic oxidation sites excluding steroid dienone is 2. The summed E-state index contributed by atoms with van der Waals surface area (Å²) in [5, 5.41) is 19.1. The van der Waals surface area contributed by atoms with Crippen molar-refractivity contribution < 1.29 is 19.0 Å². The lowest BCUT2D eigenvalue weighted by molar-refractivity contribution is 0.0400. The molecule has 3 rings (SSSR count). The third kappa shape index (κ3) is 2.16. The monoisotopic (exact) mass is 314 g/mol. The largest absolute Gasteiger partial charge is 0.503 e. The van der Waals surface area contributed by atoms with E-state index < -0.39 is 17.4 Å². The van der Waals surface area contributed by atoms with E-state index in [1.807, 2.05) is 6.08 Å². The number of phenols is 1. The molecule has 0 heterocycles. The summed E-state index contributed by atoms with van der Waals surface area (Å²) in [6.45, 7) is 2.06. The quantitative estimate of drug-likeness (QED) is 0.760. The van der Waals surface area contributed by atoms with Crippen molar-refractivity contribution in [1.82, 2.24) is 0 Å². The Morgan fingerprint density at radius 3 is 2.76 bits per heavy atom. The highest BCUT2D eigenvalue weighted by Crippen LogP contribution is 2.53. The Morgan fingerprint density at radius 2 is 2.05 bits per heavy atom. The van der Waals surface area contributed by atoms with E-state index in [0.29, 0.717) is 18.4 Å². The fourth-order valence-corrected chi connectivity index (χ4v) is 3.92. The molecule has 0 saturated heterocycles. The van der Waals surface area contributed by atoms with E-state index in [-0.39, 0.29) is 22.5 Å². The second-order valence-electron chi connectivity index (χ2n) is 6.32. The van der Waals surface area contributed by atoms with Gasteiger partial charge in [0.1, 0.15) is 0 Å². The molecule has 1 aromatic rings. The highest BCUT2D eigenvalue weighted by Gasteiger charge is 2.47. The van der Waals surface area contributed by atoms with Crippen LogP contribution in [0.3, 0.4) is 0 Å². The molecule has 21 heavy (non-hydrogen) atoms. The van der Waals surface area contributed by atoms with Gasteiger partial charge in [0.2, 0.25) is 0 Å². The third-order valence-corrected chi connectivity index (χ3v) is 5.59. The lowest BCUT2D eigenvalue weighted by atomic mass is 9.68. The molecule has 2 N–H and O–H groups in total. The Balaban J connectivity index is 2.00. The molecule has 0 unspecified atom stereocenters. The third-order valence-electron chi connectivity index (χ3n) is 5.22. The van der Waals surface area contributed by atoms with Gasteiger partial charge in [-0.05, 0) is 43.2 Å². The predicted octanol–water partition coefficient (Wildman–Crippen LogP) is 4.28. The first-order valence-corrected chi connectivity index (χ1v) is 7.46. The van der Waals surface area contributed by atoms with Gasteiger partial charge in [0.05, 0.1) is 11.1 Å². The van der Waals surface area contributed by atoms with Crippen molar-refractivity contribution in [1.29, 1.82) is 0 Å². The van der Waals surface area contributed by atoms with Gasteiger partial charge in [0.25, 0.3) is 0 Å². The van der Waals surface area contributed by atoms with Gasteiger partial charge in [-0.1, -0.05) is 24.6 Å². The molecule has 0 amide bonds. The number of rotatable bonds is 1. The second-order valence-corrected chi connectivity index (χ2v) is 6.69. The van der Waals surface area contributed by atoms with Gasteiger partial charge in [0, 0.05) is 11.0 Å². The van der Waals surface area contributed by atoms with Gasteiger partial charge in [-0.2, -0.15) is 0 Å². The lowest BCUT2D eigenvalue weighted by Gasteiger charge is -2.38. The van der Waals surface area contributed by atoms with Crippen molar-refractivity contribution in [2.24, 2.45) is 11.3 Å². The van der Waals surface area contributed by atoms with Crippen molar-refractivity contribution in [3.63, 3.8) is 0 Å². The van der Waals surface area contributed by atoms with Crippen molar-refractivity contribution in [2.45, 2.75) is 38.7 Å². The zero-order valence-corrected chi connectivity index (χ0v) is 12.4. The molecule has 1 fully saturated rings. The maximum Gasteiger partial charge on any atom is 0.189 e. The van der Waals surface area contributed by atoms with Crippen molar-refractivity contribution >= 4 is 17.2 Å². The number of phenolic OH excluding ortho intramolecular Hbond substituents is 1. The van der Waals surface area contributed by atoms with Gasteiger partial charge in [-0.25, -0.2) is 8.78 Å². The van der Waals surface area contributed by atoms with Crippen LogP contribution < -0.4 is 0 Å². The van der Waals surface area contributed by atoms with Crippen LogP contribution in [0.15, 0.2) is 12.1 Å². The zero-order chi connectivity index (χ0) is 15.4. The number of benzene rings is 1. The molecule has 0 bridgehead atoms.